The van der Waals surface area contributed by atoms with Gasteiger partial charge in [0.05, 0.1) is 6.61 Å². The summed E-state index contributed by atoms with van der Waals surface area (Å²) < 4.78 is 5.19. The van der Waals surface area contributed by atoms with Gasteiger partial charge in [0.15, 0.2) is 0 Å². The normalized spacial score (nSPS) is 10.1. The Bertz CT molecular complexity index is 420. The number of likely N-dealkylation sites (N-methyl/N-ethyl adjacent to an activating group) is 1. The van der Waals surface area contributed by atoms with E-state index in [4.69, 9.17) is 22.7 Å². The molecule has 0 aromatic carbocycles. The molecule has 1 aromatic heterocycles. The number of hydrogen-bond donors (Lipinski definition) is 1. The van der Waals surface area contributed by atoms with Crippen molar-refractivity contribution < 1.29 is 9.53 Å². The van der Waals surface area contributed by atoms with Crippen LogP contribution in [0.15, 0.2) is 18.3 Å². The lowest BCUT2D eigenvalue weighted by molar-refractivity contribution is 0.0704. The molecule has 0 aliphatic carbocycles. The van der Waals surface area contributed by atoms with Crippen LogP contribution in [0.1, 0.15) is 23.0 Å². The maximum absolute atomic E-state index is 12.0. The van der Waals surface area contributed by atoms with E-state index in [1.165, 1.54) is 6.20 Å². The Hall–Kier alpha value is -1.53. The summed E-state index contributed by atoms with van der Waals surface area (Å²) in [7, 11) is 1.71. The van der Waals surface area contributed by atoms with E-state index in [0.717, 1.165) is 0 Å². The van der Waals surface area contributed by atoms with E-state index in [1.54, 1.807) is 24.1 Å². The van der Waals surface area contributed by atoms with E-state index < -0.39 is 0 Å². The Labute approximate surface area is 112 Å². The highest BCUT2D eigenvalue weighted by atomic mass is 32.1. The first kappa shape index (κ1) is 14.5. The van der Waals surface area contributed by atoms with Crippen molar-refractivity contribution in [1.29, 1.82) is 0 Å². The number of carbonyl (C=O) groups is 1. The Balaban J connectivity index is 2.63. The molecule has 18 heavy (non-hydrogen) atoms. The van der Waals surface area contributed by atoms with Crippen LogP contribution in [0.2, 0.25) is 0 Å². The van der Waals surface area contributed by atoms with Crippen LogP contribution in [0, 0.1) is 0 Å². The molecule has 0 saturated carbocycles. The first-order valence-corrected chi connectivity index (χ1v) is 6.06. The van der Waals surface area contributed by atoms with Gasteiger partial charge in [0, 0.05) is 32.0 Å². The van der Waals surface area contributed by atoms with Gasteiger partial charge in [0.2, 0.25) is 0 Å². The zero-order valence-corrected chi connectivity index (χ0v) is 11.4. The number of pyridine rings is 1. The molecule has 1 amide bonds. The van der Waals surface area contributed by atoms with E-state index in [2.05, 4.69) is 4.98 Å². The summed E-state index contributed by atoms with van der Waals surface area (Å²) in [4.78, 5) is 17.9. The first-order chi connectivity index (χ1) is 8.56. The van der Waals surface area contributed by atoms with Crippen molar-refractivity contribution in [2.75, 3.05) is 26.8 Å². The third kappa shape index (κ3) is 4.05. The van der Waals surface area contributed by atoms with Crippen molar-refractivity contribution in [3.8, 4) is 0 Å². The standard InChI is InChI=1S/C12H17N3O2S/c1-3-17-7-6-15(2)12(16)10-5-4-9(8-14-10)11(13)18/h4-5,8H,3,6-7H2,1-2H3,(H2,13,18). The summed E-state index contributed by atoms with van der Waals surface area (Å²) in [6, 6.07) is 3.31. The first-order valence-electron chi connectivity index (χ1n) is 5.65. The molecule has 0 aliphatic heterocycles. The number of thiocarbonyl (C=S) groups is 1. The fourth-order valence-electron chi connectivity index (χ4n) is 1.31. The van der Waals surface area contributed by atoms with E-state index in [1.807, 2.05) is 6.92 Å². The van der Waals surface area contributed by atoms with Crippen LogP contribution in [0.4, 0.5) is 0 Å². The predicted molar refractivity (Wildman–Crippen MR) is 73.6 cm³/mol. The minimum absolute atomic E-state index is 0.149. The van der Waals surface area contributed by atoms with Crippen LogP contribution in [-0.4, -0.2) is 47.6 Å². The maximum atomic E-state index is 12.0. The summed E-state index contributed by atoms with van der Waals surface area (Å²) in [5, 5.41) is 0. The van der Waals surface area contributed by atoms with Gasteiger partial charge in [-0.3, -0.25) is 9.78 Å². The minimum atomic E-state index is -0.149. The lowest BCUT2D eigenvalue weighted by Crippen LogP contribution is -2.30. The maximum Gasteiger partial charge on any atom is 0.272 e. The van der Waals surface area contributed by atoms with E-state index >= 15 is 0 Å². The second kappa shape index (κ2) is 7.03. The third-order valence-corrected chi connectivity index (χ3v) is 2.62. The van der Waals surface area contributed by atoms with Gasteiger partial charge < -0.3 is 15.4 Å². The quantitative estimate of drug-likeness (QED) is 0.610. The molecule has 0 fully saturated rings. The average Bonchev–Trinajstić information content (AvgIpc) is 2.38. The van der Waals surface area contributed by atoms with Crippen LogP contribution in [0.5, 0.6) is 0 Å². The molecule has 1 aromatic rings. The molecule has 5 nitrogen and oxygen atoms in total. The molecule has 0 aliphatic rings. The monoisotopic (exact) mass is 267 g/mol. The molecule has 0 atom stereocenters. The topological polar surface area (TPSA) is 68.5 Å². The Kier molecular flexibility index (Phi) is 5.67. The van der Waals surface area contributed by atoms with Crippen LogP contribution in [0.25, 0.3) is 0 Å². The van der Waals surface area contributed by atoms with E-state index in [0.29, 0.717) is 31.0 Å². The van der Waals surface area contributed by atoms with E-state index in [9.17, 15) is 4.79 Å². The molecule has 0 spiro atoms. The number of rotatable bonds is 6. The summed E-state index contributed by atoms with van der Waals surface area (Å²) in [5.74, 6) is -0.149. The lowest BCUT2D eigenvalue weighted by Gasteiger charge is -2.16. The third-order valence-electron chi connectivity index (χ3n) is 2.39. The second-order valence-electron chi connectivity index (χ2n) is 3.72. The Morgan fingerprint density at radius 3 is 2.78 bits per heavy atom. The number of ether oxygens (including phenoxy) is 1. The van der Waals surface area contributed by atoms with Gasteiger partial charge >= 0.3 is 0 Å². The number of aromatic nitrogens is 1. The molecule has 0 unspecified atom stereocenters. The molecular formula is C12H17N3O2S. The summed E-state index contributed by atoms with van der Waals surface area (Å²) >= 11 is 4.82. The van der Waals surface area contributed by atoms with Gasteiger partial charge in [0.1, 0.15) is 10.7 Å². The molecule has 0 saturated heterocycles. The summed E-state index contributed by atoms with van der Waals surface area (Å²) in [5.41, 5.74) is 6.48. The van der Waals surface area contributed by atoms with Crippen molar-refractivity contribution >= 4 is 23.1 Å². The minimum Gasteiger partial charge on any atom is -0.389 e. The van der Waals surface area contributed by atoms with Crippen molar-refractivity contribution in [2.24, 2.45) is 5.73 Å². The lowest BCUT2D eigenvalue weighted by atomic mass is 10.2. The van der Waals surface area contributed by atoms with Crippen LogP contribution in [0.3, 0.4) is 0 Å². The van der Waals surface area contributed by atoms with Crippen molar-refractivity contribution in [1.82, 2.24) is 9.88 Å². The second-order valence-corrected chi connectivity index (χ2v) is 4.16. The van der Waals surface area contributed by atoms with Gasteiger partial charge in [0.25, 0.3) is 5.91 Å². The molecule has 0 radical (unpaired) electrons. The predicted octanol–water partition coefficient (Wildman–Crippen LogP) is 0.824. The van der Waals surface area contributed by atoms with Gasteiger partial charge in [-0.25, -0.2) is 0 Å². The molecule has 6 heteroatoms. The largest absolute Gasteiger partial charge is 0.389 e. The van der Waals surface area contributed by atoms with Gasteiger partial charge in [-0.15, -0.1) is 0 Å². The Morgan fingerprint density at radius 1 is 1.56 bits per heavy atom. The number of nitrogens with two attached hydrogens (primary N) is 1. The zero-order chi connectivity index (χ0) is 13.5. The molecular weight excluding hydrogens is 250 g/mol. The number of amides is 1. The Morgan fingerprint density at radius 2 is 2.28 bits per heavy atom. The number of hydrogen-bond acceptors (Lipinski definition) is 4. The van der Waals surface area contributed by atoms with Crippen molar-refractivity contribution in [3.63, 3.8) is 0 Å². The van der Waals surface area contributed by atoms with Crippen LogP contribution < -0.4 is 5.73 Å². The van der Waals surface area contributed by atoms with Crippen LogP contribution >= 0.6 is 12.2 Å². The van der Waals surface area contributed by atoms with Crippen molar-refractivity contribution in [2.45, 2.75) is 6.92 Å². The molecule has 98 valence electrons. The van der Waals surface area contributed by atoms with Gasteiger partial charge in [-0.05, 0) is 19.1 Å². The van der Waals surface area contributed by atoms with Gasteiger partial charge in [-0.1, -0.05) is 12.2 Å². The summed E-state index contributed by atoms with van der Waals surface area (Å²) in [6.07, 6.45) is 1.51. The molecule has 1 rings (SSSR count). The highest BCUT2D eigenvalue weighted by Crippen LogP contribution is 2.03. The SMILES string of the molecule is CCOCCN(C)C(=O)c1ccc(C(N)=S)cn1. The highest BCUT2D eigenvalue weighted by molar-refractivity contribution is 7.80. The fraction of sp³-hybridized carbons (Fsp3) is 0.417. The van der Waals surface area contributed by atoms with E-state index in [-0.39, 0.29) is 10.9 Å². The zero-order valence-electron chi connectivity index (χ0n) is 10.5. The van der Waals surface area contributed by atoms with Gasteiger partial charge in [-0.2, -0.15) is 0 Å². The van der Waals surface area contributed by atoms with Crippen molar-refractivity contribution in [3.05, 3.63) is 29.6 Å². The summed E-state index contributed by atoms with van der Waals surface area (Å²) in [6.45, 7) is 3.61. The fourth-order valence-corrected chi connectivity index (χ4v) is 1.43. The molecule has 2 N–H and O–H groups in total. The molecule has 1 heterocycles. The average molecular weight is 267 g/mol. The van der Waals surface area contributed by atoms with Crippen LogP contribution in [-0.2, 0) is 4.74 Å². The smallest absolute Gasteiger partial charge is 0.272 e. The highest BCUT2D eigenvalue weighted by Gasteiger charge is 2.12. The number of nitrogens with zero attached hydrogens (tertiary/aromatic N) is 2. The molecule has 0 bridgehead atoms. The number of carbonyl (C=O) groups excluding carboxylic acids is 1.